The zero-order valence-electron chi connectivity index (χ0n) is 17.3. The fraction of sp³-hybridized carbons (Fsp3) is 0.0800. The van der Waals surface area contributed by atoms with Crippen LogP contribution in [0.3, 0.4) is 0 Å². The molecule has 32 heavy (non-hydrogen) atoms. The van der Waals surface area contributed by atoms with E-state index < -0.39 is 0 Å². The Hall–Kier alpha value is -3.35. The second-order valence-corrected chi connectivity index (χ2v) is 8.66. The van der Waals surface area contributed by atoms with Gasteiger partial charge < -0.3 is 5.32 Å². The molecule has 1 amide bonds. The molecule has 1 aromatic heterocycles. The number of aryl methyl sites for hydroxylation is 1. The summed E-state index contributed by atoms with van der Waals surface area (Å²) in [6.45, 7) is 2.47. The summed E-state index contributed by atoms with van der Waals surface area (Å²) in [5, 5.41) is 8.72. The number of benzene rings is 3. The molecule has 160 valence electrons. The normalized spacial score (nSPS) is 10.7. The third-order valence-electron chi connectivity index (χ3n) is 4.89. The molecule has 0 saturated heterocycles. The highest BCUT2D eigenvalue weighted by molar-refractivity contribution is 7.99. The van der Waals surface area contributed by atoms with Gasteiger partial charge in [0.2, 0.25) is 0 Å². The SMILES string of the molecule is Cc1ccccc1CNC(=O)c1ccc(-n2nc(Sc3ccc(Cl)cc3)ccc2=O)cc1. The minimum absolute atomic E-state index is 0.174. The average molecular weight is 462 g/mol. The summed E-state index contributed by atoms with van der Waals surface area (Å²) in [6.07, 6.45) is 0. The van der Waals surface area contributed by atoms with Crippen LogP contribution in [-0.2, 0) is 6.54 Å². The van der Waals surface area contributed by atoms with E-state index >= 15 is 0 Å². The predicted octanol–water partition coefficient (Wildman–Crippen LogP) is 5.28. The van der Waals surface area contributed by atoms with E-state index in [1.165, 1.54) is 22.5 Å². The van der Waals surface area contributed by atoms with Crippen molar-refractivity contribution in [3.8, 4) is 5.69 Å². The highest BCUT2D eigenvalue weighted by Gasteiger charge is 2.09. The predicted molar refractivity (Wildman–Crippen MR) is 128 cm³/mol. The molecule has 4 aromatic rings. The second kappa shape index (κ2) is 9.85. The van der Waals surface area contributed by atoms with Crippen molar-refractivity contribution in [2.75, 3.05) is 0 Å². The van der Waals surface area contributed by atoms with Crippen LogP contribution in [0, 0.1) is 6.92 Å². The largest absolute Gasteiger partial charge is 0.348 e. The van der Waals surface area contributed by atoms with E-state index in [2.05, 4.69) is 10.4 Å². The first-order valence-electron chi connectivity index (χ1n) is 9.96. The maximum Gasteiger partial charge on any atom is 0.271 e. The number of hydrogen-bond acceptors (Lipinski definition) is 4. The van der Waals surface area contributed by atoms with Gasteiger partial charge in [-0.1, -0.05) is 47.6 Å². The quantitative estimate of drug-likeness (QED) is 0.424. The Labute approximate surface area is 195 Å². The molecule has 0 radical (unpaired) electrons. The monoisotopic (exact) mass is 461 g/mol. The van der Waals surface area contributed by atoms with Crippen molar-refractivity contribution in [1.82, 2.24) is 15.1 Å². The number of carbonyl (C=O) groups excluding carboxylic acids is 1. The van der Waals surface area contributed by atoms with Crippen LogP contribution in [0.4, 0.5) is 0 Å². The lowest BCUT2D eigenvalue weighted by Crippen LogP contribution is -2.23. The number of hydrogen-bond donors (Lipinski definition) is 1. The summed E-state index contributed by atoms with van der Waals surface area (Å²) in [6, 6.07) is 25.3. The van der Waals surface area contributed by atoms with Gasteiger partial charge in [-0.3, -0.25) is 9.59 Å². The van der Waals surface area contributed by atoms with Crippen LogP contribution in [0.5, 0.6) is 0 Å². The maximum atomic E-state index is 12.5. The Morgan fingerprint density at radius 1 is 0.969 bits per heavy atom. The molecule has 0 aliphatic carbocycles. The molecular weight excluding hydrogens is 442 g/mol. The maximum absolute atomic E-state index is 12.5. The molecule has 1 N–H and O–H groups in total. The van der Waals surface area contributed by atoms with Crippen LogP contribution in [-0.4, -0.2) is 15.7 Å². The third-order valence-corrected chi connectivity index (χ3v) is 6.07. The van der Waals surface area contributed by atoms with Crippen molar-refractivity contribution < 1.29 is 4.79 Å². The van der Waals surface area contributed by atoms with Crippen molar-refractivity contribution in [2.45, 2.75) is 23.4 Å². The number of nitrogens with zero attached hydrogens (tertiary/aromatic N) is 2. The summed E-state index contributed by atoms with van der Waals surface area (Å²) in [7, 11) is 0. The topological polar surface area (TPSA) is 64.0 Å². The fourth-order valence-electron chi connectivity index (χ4n) is 3.10. The van der Waals surface area contributed by atoms with E-state index in [1.54, 1.807) is 30.3 Å². The van der Waals surface area contributed by atoms with Gasteiger partial charge in [0, 0.05) is 28.1 Å². The molecule has 3 aromatic carbocycles. The molecule has 0 fully saturated rings. The summed E-state index contributed by atoms with van der Waals surface area (Å²) < 4.78 is 1.33. The van der Waals surface area contributed by atoms with Gasteiger partial charge in [-0.15, -0.1) is 0 Å². The first kappa shape index (κ1) is 21.9. The van der Waals surface area contributed by atoms with Gasteiger partial charge in [0.05, 0.1) is 5.69 Å². The molecule has 0 unspecified atom stereocenters. The fourth-order valence-corrected chi connectivity index (χ4v) is 4.00. The number of aromatic nitrogens is 2. The molecule has 5 nitrogen and oxygen atoms in total. The van der Waals surface area contributed by atoms with Gasteiger partial charge >= 0.3 is 0 Å². The number of halogens is 1. The number of amides is 1. The molecule has 1 heterocycles. The van der Waals surface area contributed by atoms with Gasteiger partial charge in [-0.25, -0.2) is 0 Å². The van der Waals surface area contributed by atoms with E-state index in [4.69, 9.17) is 11.6 Å². The van der Waals surface area contributed by atoms with E-state index in [0.29, 0.717) is 27.8 Å². The van der Waals surface area contributed by atoms with Crippen LogP contribution in [0.25, 0.3) is 5.69 Å². The minimum Gasteiger partial charge on any atom is -0.348 e. The van der Waals surface area contributed by atoms with Crippen LogP contribution in [0.15, 0.2) is 99.6 Å². The third kappa shape index (κ3) is 5.28. The Balaban J connectivity index is 1.48. The lowest BCUT2D eigenvalue weighted by Gasteiger charge is -2.10. The second-order valence-electron chi connectivity index (χ2n) is 7.13. The van der Waals surface area contributed by atoms with Gasteiger partial charge in [0.15, 0.2) is 0 Å². The molecule has 0 spiro atoms. The first-order valence-corrected chi connectivity index (χ1v) is 11.2. The zero-order valence-corrected chi connectivity index (χ0v) is 18.9. The Morgan fingerprint density at radius 3 is 2.41 bits per heavy atom. The van der Waals surface area contributed by atoms with Crippen LogP contribution in [0.2, 0.25) is 5.02 Å². The Morgan fingerprint density at radius 2 is 1.69 bits per heavy atom. The van der Waals surface area contributed by atoms with Crippen LogP contribution >= 0.6 is 23.4 Å². The number of rotatable bonds is 6. The van der Waals surface area contributed by atoms with E-state index in [1.807, 2.05) is 55.5 Å². The van der Waals surface area contributed by atoms with Gasteiger partial charge in [0.25, 0.3) is 11.5 Å². The summed E-state index contributed by atoms with van der Waals surface area (Å²) >= 11 is 7.37. The van der Waals surface area contributed by atoms with Gasteiger partial charge in [-0.05, 0) is 72.6 Å². The Kier molecular flexibility index (Phi) is 6.73. The van der Waals surface area contributed by atoms with Crippen LogP contribution in [0.1, 0.15) is 21.5 Å². The highest BCUT2D eigenvalue weighted by atomic mass is 35.5. The van der Waals surface area contributed by atoms with Crippen molar-refractivity contribution in [3.63, 3.8) is 0 Å². The molecule has 0 bridgehead atoms. The lowest BCUT2D eigenvalue weighted by molar-refractivity contribution is 0.0951. The molecule has 0 aliphatic rings. The Bertz CT molecular complexity index is 1300. The number of nitrogens with one attached hydrogen (secondary N) is 1. The average Bonchev–Trinajstić information content (AvgIpc) is 2.81. The molecule has 0 atom stereocenters. The van der Waals surface area contributed by atoms with E-state index in [0.717, 1.165) is 16.0 Å². The summed E-state index contributed by atoms with van der Waals surface area (Å²) in [4.78, 5) is 25.9. The molecule has 7 heteroatoms. The minimum atomic E-state index is -0.248. The van der Waals surface area contributed by atoms with Crippen molar-refractivity contribution >= 4 is 29.3 Å². The van der Waals surface area contributed by atoms with E-state index in [-0.39, 0.29) is 11.5 Å². The van der Waals surface area contributed by atoms with Crippen molar-refractivity contribution in [1.29, 1.82) is 0 Å². The lowest BCUT2D eigenvalue weighted by atomic mass is 10.1. The standard InChI is InChI=1S/C25H20ClN3O2S/c1-17-4-2-3-5-19(17)16-27-25(31)18-6-10-21(11-7-18)29-24(30)15-14-23(28-29)32-22-12-8-20(26)9-13-22/h2-15H,16H2,1H3,(H,27,31). The summed E-state index contributed by atoms with van der Waals surface area (Å²) in [5.41, 5.74) is 3.06. The first-order chi connectivity index (χ1) is 15.5. The van der Waals surface area contributed by atoms with E-state index in [9.17, 15) is 9.59 Å². The smallest absolute Gasteiger partial charge is 0.271 e. The number of carbonyl (C=O) groups is 1. The van der Waals surface area contributed by atoms with Gasteiger partial charge in [-0.2, -0.15) is 9.78 Å². The highest BCUT2D eigenvalue weighted by Crippen LogP contribution is 2.26. The van der Waals surface area contributed by atoms with Gasteiger partial charge in [0.1, 0.15) is 5.03 Å². The molecule has 0 saturated carbocycles. The van der Waals surface area contributed by atoms with Crippen LogP contribution < -0.4 is 10.9 Å². The molecule has 0 aliphatic heterocycles. The molecular formula is C25H20ClN3O2S. The van der Waals surface area contributed by atoms with Crippen molar-refractivity contribution in [3.05, 3.63) is 117 Å². The molecule has 4 rings (SSSR count). The summed E-state index contributed by atoms with van der Waals surface area (Å²) in [5.74, 6) is -0.174. The van der Waals surface area contributed by atoms with Crippen molar-refractivity contribution in [2.24, 2.45) is 0 Å². The zero-order chi connectivity index (χ0) is 22.5.